The number of amides is 1. The highest BCUT2D eigenvalue weighted by Crippen LogP contribution is 2.41. The molecule has 0 spiro atoms. The van der Waals surface area contributed by atoms with Crippen molar-refractivity contribution in [1.82, 2.24) is 4.90 Å². The van der Waals surface area contributed by atoms with Crippen molar-refractivity contribution in [3.05, 3.63) is 0 Å². The molecule has 5 nitrogen and oxygen atoms in total. The lowest BCUT2D eigenvalue weighted by Crippen LogP contribution is -2.49. The van der Waals surface area contributed by atoms with Crippen LogP contribution in [0.15, 0.2) is 5.16 Å². The first kappa shape index (κ1) is 14.2. The molecule has 1 heterocycles. The van der Waals surface area contributed by atoms with Gasteiger partial charge in [-0.1, -0.05) is 31.8 Å². The first-order chi connectivity index (χ1) is 9.01. The zero-order valence-electron chi connectivity index (χ0n) is 11.9. The Labute approximate surface area is 114 Å². The number of nitrogens with zero attached hydrogens (tertiary/aromatic N) is 2. The van der Waals surface area contributed by atoms with Crippen molar-refractivity contribution < 1.29 is 10.0 Å². The van der Waals surface area contributed by atoms with Gasteiger partial charge in [-0.3, -0.25) is 4.79 Å². The Morgan fingerprint density at radius 3 is 2.53 bits per heavy atom. The summed E-state index contributed by atoms with van der Waals surface area (Å²) in [5, 5.41) is 12.1. The van der Waals surface area contributed by atoms with E-state index < -0.39 is 5.41 Å². The molecule has 1 aliphatic heterocycles. The van der Waals surface area contributed by atoms with E-state index in [-0.39, 0.29) is 11.7 Å². The Morgan fingerprint density at radius 1 is 1.42 bits per heavy atom. The first-order valence-electron chi connectivity index (χ1n) is 7.28. The van der Waals surface area contributed by atoms with Crippen LogP contribution in [0.3, 0.4) is 0 Å². The minimum absolute atomic E-state index is 0.0726. The highest BCUT2D eigenvalue weighted by molar-refractivity contribution is 6.07. The second-order valence-corrected chi connectivity index (χ2v) is 6.32. The van der Waals surface area contributed by atoms with E-state index in [1.807, 2.05) is 4.90 Å². The molecule has 0 bridgehead atoms. The molecule has 1 saturated heterocycles. The van der Waals surface area contributed by atoms with Gasteiger partial charge in [0.1, 0.15) is 5.41 Å². The van der Waals surface area contributed by atoms with E-state index >= 15 is 0 Å². The maximum Gasteiger partial charge on any atom is 0.236 e. The number of hydrogen-bond donors (Lipinski definition) is 2. The number of nitrogens with two attached hydrogens (primary N) is 1. The summed E-state index contributed by atoms with van der Waals surface area (Å²) in [6, 6.07) is 0. The number of likely N-dealkylation sites (tertiary alicyclic amines) is 1. The molecule has 2 aliphatic rings. The van der Waals surface area contributed by atoms with E-state index in [1.165, 1.54) is 0 Å². The van der Waals surface area contributed by atoms with Crippen LogP contribution in [-0.2, 0) is 4.79 Å². The number of amidine groups is 1. The fourth-order valence-electron chi connectivity index (χ4n) is 3.47. The summed E-state index contributed by atoms with van der Waals surface area (Å²) in [4.78, 5) is 14.7. The third-order valence-corrected chi connectivity index (χ3v) is 4.92. The van der Waals surface area contributed by atoms with E-state index in [2.05, 4.69) is 19.0 Å². The summed E-state index contributed by atoms with van der Waals surface area (Å²) in [5.74, 6) is 1.35. The maximum absolute atomic E-state index is 12.8. The number of oxime groups is 1. The predicted octanol–water partition coefficient (Wildman–Crippen LogP) is 1.80. The molecule has 0 radical (unpaired) electrons. The second kappa shape index (κ2) is 5.39. The van der Waals surface area contributed by atoms with Crippen molar-refractivity contribution in [2.45, 2.75) is 46.0 Å². The van der Waals surface area contributed by atoms with Gasteiger partial charge < -0.3 is 15.8 Å². The zero-order valence-corrected chi connectivity index (χ0v) is 11.9. The second-order valence-electron chi connectivity index (χ2n) is 6.32. The quantitative estimate of drug-likeness (QED) is 0.354. The molecule has 5 heteroatoms. The summed E-state index contributed by atoms with van der Waals surface area (Å²) in [7, 11) is 0. The van der Waals surface area contributed by atoms with Gasteiger partial charge in [0.15, 0.2) is 5.84 Å². The topological polar surface area (TPSA) is 78.9 Å². The van der Waals surface area contributed by atoms with Crippen LogP contribution in [-0.4, -0.2) is 34.9 Å². The van der Waals surface area contributed by atoms with E-state index in [0.29, 0.717) is 24.7 Å². The van der Waals surface area contributed by atoms with Gasteiger partial charge in [-0.2, -0.15) is 0 Å². The Bertz CT molecular complexity index is 373. The van der Waals surface area contributed by atoms with Crippen LogP contribution in [0.5, 0.6) is 0 Å². The van der Waals surface area contributed by atoms with Crippen LogP contribution in [0.4, 0.5) is 0 Å². The monoisotopic (exact) mass is 267 g/mol. The van der Waals surface area contributed by atoms with Crippen LogP contribution >= 0.6 is 0 Å². The first-order valence-corrected chi connectivity index (χ1v) is 7.28. The van der Waals surface area contributed by atoms with E-state index in [0.717, 1.165) is 32.4 Å². The van der Waals surface area contributed by atoms with E-state index in [9.17, 15) is 4.79 Å². The zero-order chi connectivity index (χ0) is 14.0. The highest BCUT2D eigenvalue weighted by atomic mass is 16.4. The minimum Gasteiger partial charge on any atom is -0.409 e. The van der Waals surface area contributed by atoms with Crippen LogP contribution < -0.4 is 5.73 Å². The Hall–Kier alpha value is -1.26. The maximum atomic E-state index is 12.8. The largest absolute Gasteiger partial charge is 0.409 e. The molecular formula is C14H25N3O2. The highest BCUT2D eigenvalue weighted by Gasteiger charge is 2.48. The molecule has 1 amide bonds. The molecule has 2 fully saturated rings. The third kappa shape index (κ3) is 2.42. The molecule has 0 aromatic heterocycles. The fourth-order valence-corrected chi connectivity index (χ4v) is 3.47. The van der Waals surface area contributed by atoms with E-state index in [1.54, 1.807) is 0 Å². The summed E-state index contributed by atoms with van der Waals surface area (Å²) < 4.78 is 0. The Morgan fingerprint density at radius 2 is 2.05 bits per heavy atom. The van der Waals surface area contributed by atoms with Crippen LogP contribution in [0, 0.1) is 17.3 Å². The smallest absolute Gasteiger partial charge is 0.236 e. The molecule has 1 saturated carbocycles. The lowest BCUT2D eigenvalue weighted by atomic mass is 9.83. The molecule has 3 N–H and O–H groups in total. The summed E-state index contributed by atoms with van der Waals surface area (Å²) in [6.45, 7) is 6.03. The van der Waals surface area contributed by atoms with Crippen molar-refractivity contribution in [1.29, 1.82) is 0 Å². The number of hydrogen-bond acceptors (Lipinski definition) is 3. The van der Waals surface area contributed by atoms with Gasteiger partial charge in [0.2, 0.25) is 5.91 Å². The third-order valence-electron chi connectivity index (χ3n) is 4.92. The van der Waals surface area contributed by atoms with Crippen LogP contribution in [0.1, 0.15) is 46.0 Å². The lowest BCUT2D eigenvalue weighted by molar-refractivity contribution is -0.137. The summed E-state index contributed by atoms with van der Waals surface area (Å²) >= 11 is 0. The molecule has 0 aromatic rings. The van der Waals surface area contributed by atoms with Gasteiger partial charge in [0, 0.05) is 13.1 Å². The Kier molecular flexibility index (Phi) is 4.02. The summed E-state index contributed by atoms with van der Waals surface area (Å²) in [5.41, 5.74) is 5.09. The molecule has 2 rings (SSSR count). The SMILES string of the molecule is CC(C)C1CCN(C(=O)C2(C(N)=NO)CCCC2)C1. The normalized spacial score (nSPS) is 27.2. The molecule has 108 valence electrons. The number of carbonyl (C=O) groups is 1. The molecule has 1 unspecified atom stereocenters. The molecular weight excluding hydrogens is 242 g/mol. The van der Waals surface area contributed by atoms with Crippen LogP contribution in [0.25, 0.3) is 0 Å². The fraction of sp³-hybridized carbons (Fsp3) is 0.857. The van der Waals surface area contributed by atoms with Crippen molar-refractivity contribution in [2.75, 3.05) is 13.1 Å². The summed E-state index contributed by atoms with van der Waals surface area (Å²) in [6.07, 6.45) is 4.44. The standard InChI is InChI=1S/C14H25N3O2/c1-10(2)11-5-8-17(9-11)13(18)14(12(15)16-19)6-3-4-7-14/h10-11,19H,3-9H2,1-2H3,(H2,15,16). The lowest BCUT2D eigenvalue weighted by Gasteiger charge is -2.31. The van der Waals surface area contributed by atoms with Crippen molar-refractivity contribution in [3.63, 3.8) is 0 Å². The van der Waals surface area contributed by atoms with Crippen molar-refractivity contribution in [2.24, 2.45) is 28.1 Å². The average Bonchev–Trinajstić information content (AvgIpc) is 3.06. The van der Waals surface area contributed by atoms with Gasteiger partial charge in [0.05, 0.1) is 0 Å². The van der Waals surface area contributed by atoms with E-state index in [4.69, 9.17) is 10.9 Å². The van der Waals surface area contributed by atoms with Crippen LogP contribution in [0.2, 0.25) is 0 Å². The van der Waals surface area contributed by atoms with Gasteiger partial charge >= 0.3 is 0 Å². The van der Waals surface area contributed by atoms with Gasteiger partial charge in [-0.15, -0.1) is 0 Å². The van der Waals surface area contributed by atoms with Crippen molar-refractivity contribution in [3.8, 4) is 0 Å². The Balaban J connectivity index is 2.14. The number of rotatable bonds is 3. The molecule has 1 aliphatic carbocycles. The molecule has 0 aromatic carbocycles. The molecule has 19 heavy (non-hydrogen) atoms. The van der Waals surface area contributed by atoms with Crippen molar-refractivity contribution >= 4 is 11.7 Å². The minimum atomic E-state index is -0.735. The predicted molar refractivity (Wildman–Crippen MR) is 73.8 cm³/mol. The van der Waals surface area contributed by atoms with Gasteiger partial charge in [-0.05, 0) is 31.1 Å². The average molecular weight is 267 g/mol. The molecule has 1 atom stereocenters. The van der Waals surface area contributed by atoms with Gasteiger partial charge in [0.25, 0.3) is 0 Å². The van der Waals surface area contributed by atoms with Gasteiger partial charge in [-0.25, -0.2) is 0 Å². The number of carbonyl (C=O) groups excluding carboxylic acids is 1.